The smallest absolute Gasteiger partial charge is 0.352 e. The third kappa shape index (κ3) is 7.67. The van der Waals surface area contributed by atoms with Gasteiger partial charge in [-0.3, -0.25) is 0 Å². The Bertz CT molecular complexity index is 411. The van der Waals surface area contributed by atoms with E-state index in [0.29, 0.717) is 11.6 Å². The van der Waals surface area contributed by atoms with Crippen molar-refractivity contribution in [1.82, 2.24) is 4.57 Å². The molecule has 0 aliphatic heterocycles. The molecule has 0 amide bonds. The molecular formula is C19H33NO2. The molecule has 0 fully saturated rings. The van der Waals surface area contributed by atoms with E-state index >= 15 is 0 Å². The number of carboxylic acid groups (broad SMARTS) is 1. The largest absolute Gasteiger partial charge is 0.477 e. The first-order valence-electron chi connectivity index (χ1n) is 9.03. The van der Waals surface area contributed by atoms with Crippen molar-refractivity contribution in [2.24, 2.45) is 5.92 Å². The Hall–Kier alpha value is -1.25. The Morgan fingerprint density at radius 2 is 1.73 bits per heavy atom. The van der Waals surface area contributed by atoms with Gasteiger partial charge in [0.2, 0.25) is 0 Å². The van der Waals surface area contributed by atoms with E-state index < -0.39 is 5.97 Å². The van der Waals surface area contributed by atoms with Crippen LogP contribution in [0.1, 0.15) is 88.5 Å². The van der Waals surface area contributed by atoms with Crippen molar-refractivity contribution in [3.8, 4) is 0 Å². The number of rotatable bonds is 13. The number of unbranched alkanes of at least 4 members (excludes halogenated alkanes) is 7. The first-order valence-corrected chi connectivity index (χ1v) is 9.03. The maximum Gasteiger partial charge on any atom is 0.352 e. The zero-order valence-electron chi connectivity index (χ0n) is 14.4. The molecule has 0 radical (unpaired) electrons. The van der Waals surface area contributed by atoms with E-state index in [1.165, 1.54) is 57.8 Å². The number of hydrogen-bond donors (Lipinski definition) is 1. The van der Waals surface area contributed by atoms with Gasteiger partial charge in [0, 0.05) is 12.7 Å². The lowest BCUT2D eigenvalue weighted by Crippen LogP contribution is -2.10. The number of aryl methyl sites for hydroxylation is 1. The van der Waals surface area contributed by atoms with Gasteiger partial charge in [-0.2, -0.15) is 0 Å². The molecule has 1 unspecified atom stereocenters. The van der Waals surface area contributed by atoms with Crippen LogP contribution in [0.3, 0.4) is 0 Å². The maximum absolute atomic E-state index is 11.0. The Balaban J connectivity index is 2.05. The summed E-state index contributed by atoms with van der Waals surface area (Å²) in [6.07, 6.45) is 15.1. The molecule has 1 rings (SSSR count). The molecular weight excluding hydrogens is 274 g/mol. The fourth-order valence-corrected chi connectivity index (χ4v) is 2.93. The number of aromatic carboxylic acids is 1. The van der Waals surface area contributed by atoms with Gasteiger partial charge in [-0.15, -0.1) is 0 Å². The lowest BCUT2D eigenvalue weighted by atomic mass is 9.99. The van der Waals surface area contributed by atoms with Crippen LogP contribution in [0.25, 0.3) is 0 Å². The molecule has 0 aromatic carbocycles. The quantitative estimate of drug-likeness (QED) is 0.472. The van der Waals surface area contributed by atoms with Crippen molar-refractivity contribution in [2.75, 3.05) is 0 Å². The van der Waals surface area contributed by atoms with E-state index in [9.17, 15) is 4.79 Å². The molecule has 3 heteroatoms. The van der Waals surface area contributed by atoms with Crippen molar-refractivity contribution < 1.29 is 9.90 Å². The monoisotopic (exact) mass is 307 g/mol. The average Bonchev–Trinajstić information content (AvgIpc) is 2.96. The molecule has 22 heavy (non-hydrogen) atoms. The van der Waals surface area contributed by atoms with Crippen molar-refractivity contribution >= 4 is 5.97 Å². The van der Waals surface area contributed by atoms with Gasteiger partial charge in [-0.25, -0.2) is 4.79 Å². The summed E-state index contributed by atoms with van der Waals surface area (Å²) >= 11 is 0. The Labute approximate surface area is 135 Å². The predicted octanol–water partition coefficient (Wildman–Crippen LogP) is 5.74. The minimum absolute atomic E-state index is 0.402. The van der Waals surface area contributed by atoms with Gasteiger partial charge in [0.1, 0.15) is 5.69 Å². The van der Waals surface area contributed by atoms with E-state index in [4.69, 9.17) is 5.11 Å². The van der Waals surface area contributed by atoms with Crippen LogP contribution in [0.4, 0.5) is 0 Å². The lowest BCUT2D eigenvalue weighted by molar-refractivity contribution is 0.0684. The minimum Gasteiger partial charge on any atom is -0.477 e. The highest BCUT2D eigenvalue weighted by Crippen LogP contribution is 2.16. The van der Waals surface area contributed by atoms with Gasteiger partial charge < -0.3 is 9.67 Å². The SMILES string of the molecule is CCCCCCCCCCC(C)CCn1cccc1C(=O)O. The summed E-state index contributed by atoms with van der Waals surface area (Å²) in [6.45, 7) is 5.35. The van der Waals surface area contributed by atoms with Crippen LogP contribution in [-0.2, 0) is 6.54 Å². The zero-order chi connectivity index (χ0) is 16.2. The molecule has 1 aromatic rings. The zero-order valence-corrected chi connectivity index (χ0v) is 14.4. The minimum atomic E-state index is -0.833. The van der Waals surface area contributed by atoms with Crippen molar-refractivity contribution in [3.63, 3.8) is 0 Å². The Morgan fingerprint density at radius 1 is 1.09 bits per heavy atom. The molecule has 3 nitrogen and oxygen atoms in total. The van der Waals surface area contributed by atoms with Gasteiger partial charge in [-0.1, -0.05) is 71.6 Å². The highest BCUT2D eigenvalue weighted by molar-refractivity contribution is 5.85. The van der Waals surface area contributed by atoms with Crippen molar-refractivity contribution in [3.05, 3.63) is 24.0 Å². The van der Waals surface area contributed by atoms with Gasteiger partial charge in [-0.05, 0) is 24.5 Å². The standard InChI is InChI=1S/C19H33NO2/c1-3-4-5-6-7-8-9-10-12-17(2)14-16-20-15-11-13-18(20)19(21)22/h11,13,15,17H,3-10,12,14,16H2,1-2H3,(H,21,22). The normalized spacial score (nSPS) is 12.5. The number of aromatic nitrogens is 1. The molecule has 1 atom stereocenters. The maximum atomic E-state index is 11.0. The van der Waals surface area contributed by atoms with Gasteiger partial charge in [0.15, 0.2) is 0 Å². The number of hydrogen-bond acceptors (Lipinski definition) is 1. The Kier molecular flexibility index (Phi) is 9.69. The summed E-state index contributed by atoms with van der Waals surface area (Å²) in [6, 6.07) is 3.48. The van der Waals surface area contributed by atoms with E-state index in [1.54, 1.807) is 6.07 Å². The second-order valence-corrected chi connectivity index (χ2v) is 6.55. The summed E-state index contributed by atoms with van der Waals surface area (Å²) in [5.74, 6) is -0.162. The van der Waals surface area contributed by atoms with Crippen molar-refractivity contribution in [1.29, 1.82) is 0 Å². The number of carboxylic acids is 1. The van der Waals surface area contributed by atoms with E-state index in [0.717, 1.165) is 13.0 Å². The van der Waals surface area contributed by atoms with Crippen molar-refractivity contribution in [2.45, 2.75) is 84.6 Å². The number of nitrogens with zero attached hydrogens (tertiary/aromatic N) is 1. The second kappa shape index (κ2) is 11.3. The topological polar surface area (TPSA) is 42.2 Å². The first-order chi connectivity index (χ1) is 10.6. The van der Waals surface area contributed by atoms with Crippen LogP contribution in [0.5, 0.6) is 0 Å². The third-order valence-electron chi connectivity index (χ3n) is 4.46. The highest BCUT2D eigenvalue weighted by atomic mass is 16.4. The first kappa shape index (κ1) is 18.8. The molecule has 1 aromatic heterocycles. The molecule has 0 aliphatic carbocycles. The van der Waals surface area contributed by atoms with Crippen LogP contribution < -0.4 is 0 Å². The van der Waals surface area contributed by atoms with Crippen LogP contribution in [-0.4, -0.2) is 15.6 Å². The molecule has 126 valence electrons. The van der Waals surface area contributed by atoms with Gasteiger partial charge >= 0.3 is 5.97 Å². The summed E-state index contributed by atoms with van der Waals surface area (Å²) in [5, 5.41) is 9.08. The Morgan fingerprint density at radius 3 is 2.36 bits per heavy atom. The van der Waals surface area contributed by atoms with Crippen LogP contribution >= 0.6 is 0 Å². The fourth-order valence-electron chi connectivity index (χ4n) is 2.93. The summed E-state index contributed by atoms with van der Waals surface area (Å²) < 4.78 is 1.85. The van der Waals surface area contributed by atoms with Crippen LogP contribution in [0, 0.1) is 5.92 Å². The molecule has 1 N–H and O–H groups in total. The second-order valence-electron chi connectivity index (χ2n) is 6.55. The summed E-state index contributed by atoms with van der Waals surface area (Å²) in [7, 11) is 0. The summed E-state index contributed by atoms with van der Waals surface area (Å²) in [5.41, 5.74) is 0.402. The molecule has 0 aliphatic rings. The fraction of sp³-hybridized carbons (Fsp3) is 0.737. The number of carbonyl (C=O) groups is 1. The molecule has 0 saturated carbocycles. The molecule has 1 heterocycles. The van der Waals surface area contributed by atoms with Crippen LogP contribution in [0.15, 0.2) is 18.3 Å². The molecule has 0 bridgehead atoms. The average molecular weight is 307 g/mol. The van der Waals surface area contributed by atoms with Crippen LogP contribution in [0.2, 0.25) is 0 Å². The summed E-state index contributed by atoms with van der Waals surface area (Å²) in [4.78, 5) is 11.0. The highest BCUT2D eigenvalue weighted by Gasteiger charge is 2.09. The van der Waals surface area contributed by atoms with E-state index in [2.05, 4.69) is 13.8 Å². The van der Waals surface area contributed by atoms with E-state index in [-0.39, 0.29) is 0 Å². The van der Waals surface area contributed by atoms with Gasteiger partial charge in [0.25, 0.3) is 0 Å². The predicted molar refractivity (Wildman–Crippen MR) is 92.4 cm³/mol. The molecule has 0 saturated heterocycles. The van der Waals surface area contributed by atoms with Gasteiger partial charge in [0.05, 0.1) is 0 Å². The lowest BCUT2D eigenvalue weighted by Gasteiger charge is -2.13. The van der Waals surface area contributed by atoms with E-state index in [1.807, 2.05) is 16.8 Å². The molecule has 0 spiro atoms. The third-order valence-corrected chi connectivity index (χ3v) is 4.46.